The summed E-state index contributed by atoms with van der Waals surface area (Å²) < 4.78 is 16.8. The van der Waals surface area contributed by atoms with Gasteiger partial charge < -0.3 is 19.2 Å². The molecule has 0 saturated carbocycles. The number of aromatic amines is 1. The van der Waals surface area contributed by atoms with Gasteiger partial charge in [0, 0.05) is 30.9 Å². The van der Waals surface area contributed by atoms with E-state index in [2.05, 4.69) is 15.2 Å². The summed E-state index contributed by atoms with van der Waals surface area (Å²) in [4.78, 5) is 17.0. The topological polar surface area (TPSA) is 75.8 Å². The maximum absolute atomic E-state index is 11.9. The fourth-order valence-electron chi connectivity index (χ4n) is 2.63. The molecule has 2 rings (SSSR count). The molecule has 1 unspecified atom stereocenters. The van der Waals surface area contributed by atoms with Gasteiger partial charge in [0.2, 0.25) is 0 Å². The highest BCUT2D eigenvalue weighted by molar-refractivity contribution is 5.24. The lowest BCUT2D eigenvalue weighted by atomic mass is 10.1. The molecular formula is C17H29N3O4. The number of aromatic nitrogens is 1. The number of rotatable bonds is 9. The average Bonchev–Trinajstić information content (AvgIpc) is 2.57. The van der Waals surface area contributed by atoms with Gasteiger partial charge in [0.15, 0.2) is 6.29 Å². The first-order valence-corrected chi connectivity index (χ1v) is 8.53. The Morgan fingerprint density at radius 3 is 2.75 bits per heavy atom. The van der Waals surface area contributed by atoms with Crippen molar-refractivity contribution in [2.75, 3.05) is 39.8 Å². The Bertz CT molecular complexity index is 555. The molecule has 0 aromatic carbocycles. The first kappa shape index (κ1) is 19.1. The molecule has 24 heavy (non-hydrogen) atoms. The third kappa shape index (κ3) is 5.99. The Labute approximate surface area is 143 Å². The number of hydrogen-bond acceptors (Lipinski definition) is 6. The molecule has 0 amide bonds. The zero-order valence-corrected chi connectivity index (χ0v) is 14.9. The van der Waals surface area contributed by atoms with Gasteiger partial charge in [0.25, 0.3) is 5.56 Å². The van der Waals surface area contributed by atoms with Crippen LogP contribution in [0.4, 0.5) is 0 Å². The zero-order chi connectivity index (χ0) is 17.4. The van der Waals surface area contributed by atoms with E-state index in [0.29, 0.717) is 20.0 Å². The van der Waals surface area contributed by atoms with Crippen LogP contribution >= 0.6 is 0 Å². The lowest BCUT2D eigenvalue weighted by Gasteiger charge is -2.28. The van der Waals surface area contributed by atoms with Crippen LogP contribution in [0.5, 0.6) is 0 Å². The smallest absolute Gasteiger partial charge is 0.252 e. The van der Waals surface area contributed by atoms with Crippen molar-refractivity contribution in [3.8, 4) is 0 Å². The molecular weight excluding hydrogens is 310 g/mol. The second kappa shape index (κ2) is 9.90. The Balaban J connectivity index is 1.69. The summed E-state index contributed by atoms with van der Waals surface area (Å²) in [5.41, 5.74) is 2.56. The number of nitrogens with zero attached hydrogens (tertiary/aromatic N) is 1. The summed E-state index contributed by atoms with van der Waals surface area (Å²) in [5.74, 6) is 0. The maximum atomic E-state index is 11.9. The fraction of sp³-hybridized carbons (Fsp3) is 0.706. The van der Waals surface area contributed by atoms with Gasteiger partial charge in [-0.25, -0.2) is 0 Å². The van der Waals surface area contributed by atoms with Crippen molar-refractivity contribution in [2.45, 2.75) is 40.0 Å². The first-order chi connectivity index (χ1) is 11.6. The number of morpholine rings is 1. The molecule has 7 nitrogen and oxygen atoms in total. The Morgan fingerprint density at radius 1 is 1.33 bits per heavy atom. The molecule has 0 spiro atoms. The van der Waals surface area contributed by atoms with E-state index in [1.807, 2.05) is 26.8 Å². The summed E-state index contributed by atoms with van der Waals surface area (Å²) in [6.45, 7) is 10.5. The van der Waals surface area contributed by atoms with Crippen molar-refractivity contribution in [2.24, 2.45) is 0 Å². The predicted molar refractivity (Wildman–Crippen MR) is 91.8 cm³/mol. The normalized spacial score (nSPS) is 17.1. The van der Waals surface area contributed by atoms with Crippen LogP contribution in [-0.4, -0.2) is 55.9 Å². The van der Waals surface area contributed by atoms with E-state index in [9.17, 15) is 4.79 Å². The maximum Gasteiger partial charge on any atom is 0.252 e. The van der Waals surface area contributed by atoms with Gasteiger partial charge in [0.05, 0.1) is 19.9 Å². The minimum absolute atomic E-state index is 0.0457. The molecule has 1 aliphatic rings. The number of pyridine rings is 1. The van der Waals surface area contributed by atoms with Crippen LogP contribution in [0.3, 0.4) is 0 Å². The van der Waals surface area contributed by atoms with Crippen molar-refractivity contribution >= 4 is 0 Å². The van der Waals surface area contributed by atoms with Crippen LogP contribution in [0.2, 0.25) is 0 Å². The predicted octanol–water partition coefficient (Wildman–Crippen LogP) is 1.10. The van der Waals surface area contributed by atoms with Crippen LogP contribution in [0.1, 0.15) is 30.2 Å². The molecule has 1 atom stereocenters. The summed E-state index contributed by atoms with van der Waals surface area (Å²) >= 11 is 0. The van der Waals surface area contributed by atoms with Gasteiger partial charge in [0.1, 0.15) is 6.73 Å². The quantitative estimate of drug-likeness (QED) is 0.518. The Hall–Kier alpha value is -1.25. The summed E-state index contributed by atoms with van der Waals surface area (Å²) in [6.07, 6.45) is 0.522. The van der Waals surface area contributed by atoms with E-state index in [1.54, 1.807) is 0 Å². The van der Waals surface area contributed by atoms with Gasteiger partial charge in [-0.2, -0.15) is 0 Å². The SMILES string of the molecule is CCC(OCNCc1c(C)cc(C)[nH]c1=O)OCN1CCOCC1. The van der Waals surface area contributed by atoms with E-state index >= 15 is 0 Å². The van der Waals surface area contributed by atoms with E-state index in [1.165, 1.54) is 0 Å². The Morgan fingerprint density at radius 2 is 2.08 bits per heavy atom. The number of hydrogen-bond donors (Lipinski definition) is 2. The molecule has 1 aromatic rings. The fourth-order valence-corrected chi connectivity index (χ4v) is 2.63. The van der Waals surface area contributed by atoms with E-state index < -0.39 is 0 Å². The summed E-state index contributed by atoms with van der Waals surface area (Å²) in [7, 11) is 0. The molecule has 2 N–H and O–H groups in total. The molecule has 0 bridgehead atoms. The minimum atomic E-state index is -0.252. The van der Waals surface area contributed by atoms with Gasteiger partial charge >= 0.3 is 0 Å². The van der Waals surface area contributed by atoms with Crippen molar-refractivity contribution in [1.82, 2.24) is 15.2 Å². The van der Waals surface area contributed by atoms with Crippen LogP contribution in [0, 0.1) is 13.8 Å². The average molecular weight is 339 g/mol. The highest BCUT2D eigenvalue weighted by Crippen LogP contribution is 2.05. The van der Waals surface area contributed by atoms with Crippen molar-refractivity contribution < 1.29 is 14.2 Å². The molecule has 1 aromatic heterocycles. The van der Waals surface area contributed by atoms with Gasteiger partial charge in [-0.1, -0.05) is 6.92 Å². The number of H-pyrrole nitrogens is 1. The Kier molecular flexibility index (Phi) is 7.87. The van der Waals surface area contributed by atoms with Crippen LogP contribution < -0.4 is 10.9 Å². The number of ether oxygens (including phenoxy) is 3. The second-order valence-corrected chi connectivity index (χ2v) is 6.04. The van der Waals surface area contributed by atoms with Crippen molar-refractivity contribution in [3.05, 3.63) is 33.2 Å². The molecule has 1 saturated heterocycles. The molecule has 136 valence electrons. The third-order valence-electron chi connectivity index (χ3n) is 4.05. The molecule has 2 heterocycles. The highest BCUT2D eigenvalue weighted by Gasteiger charge is 2.13. The van der Waals surface area contributed by atoms with E-state index in [-0.39, 0.29) is 11.8 Å². The summed E-state index contributed by atoms with van der Waals surface area (Å²) in [6, 6.07) is 1.97. The largest absolute Gasteiger partial charge is 0.379 e. The van der Waals surface area contributed by atoms with Gasteiger partial charge in [-0.15, -0.1) is 0 Å². The summed E-state index contributed by atoms with van der Waals surface area (Å²) in [5, 5.41) is 3.15. The zero-order valence-electron chi connectivity index (χ0n) is 14.9. The number of nitrogens with one attached hydrogen (secondary N) is 2. The van der Waals surface area contributed by atoms with Gasteiger partial charge in [-0.3, -0.25) is 15.0 Å². The van der Waals surface area contributed by atoms with Crippen LogP contribution in [0.15, 0.2) is 10.9 Å². The number of aryl methyl sites for hydroxylation is 2. The molecule has 1 fully saturated rings. The standard InChI is InChI=1S/C17H29N3O4/c1-4-16(24-12-20-5-7-22-8-6-20)23-11-18-10-15-13(2)9-14(3)19-17(15)21/h9,16,18H,4-8,10-12H2,1-3H3,(H,19,21). The molecule has 0 aliphatic carbocycles. The van der Waals surface area contributed by atoms with Crippen molar-refractivity contribution in [3.63, 3.8) is 0 Å². The van der Waals surface area contributed by atoms with Gasteiger partial charge in [-0.05, 0) is 31.9 Å². The highest BCUT2D eigenvalue weighted by atomic mass is 16.7. The first-order valence-electron chi connectivity index (χ1n) is 8.53. The molecule has 0 radical (unpaired) electrons. The lowest BCUT2D eigenvalue weighted by molar-refractivity contribution is -0.177. The molecule has 1 aliphatic heterocycles. The van der Waals surface area contributed by atoms with Crippen LogP contribution in [0.25, 0.3) is 0 Å². The van der Waals surface area contributed by atoms with E-state index in [4.69, 9.17) is 14.2 Å². The second-order valence-electron chi connectivity index (χ2n) is 6.04. The third-order valence-corrected chi connectivity index (χ3v) is 4.05. The van der Waals surface area contributed by atoms with Crippen LogP contribution in [-0.2, 0) is 20.8 Å². The molecule has 7 heteroatoms. The van der Waals surface area contributed by atoms with Crippen molar-refractivity contribution in [1.29, 1.82) is 0 Å². The lowest BCUT2D eigenvalue weighted by Crippen LogP contribution is -2.39. The monoisotopic (exact) mass is 339 g/mol. The van der Waals surface area contributed by atoms with E-state index in [0.717, 1.165) is 49.5 Å². The minimum Gasteiger partial charge on any atom is -0.379 e.